The Kier molecular flexibility index (Phi) is 4.12. The highest BCUT2D eigenvalue weighted by molar-refractivity contribution is 6.27. The van der Waals surface area contributed by atoms with Gasteiger partial charge in [-0.05, 0) is 33.5 Å². The number of phenols is 1. The maximum Gasteiger partial charge on any atom is 0.195 e. The van der Waals surface area contributed by atoms with Crippen LogP contribution in [0.1, 0.15) is 27.0 Å². The van der Waals surface area contributed by atoms with Crippen molar-refractivity contribution in [2.45, 2.75) is 13.8 Å². The average molecular weight is 361 g/mol. The Bertz CT molecular complexity index is 1090. The standard InChI is InChI=1S/C22H23N3O2/c1-12-19(23-9-10-25(3)4)18-17-14-7-5-6-8-15(14)22(27)16(17)11-24-20(18)13(2)21(12)26/h5-8,11,23,26H,9-10H2,1-4H3. The van der Waals surface area contributed by atoms with Crippen LogP contribution in [-0.4, -0.2) is 48.0 Å². The molecule has 0 bridgehead atoms. The fourth-order valence-electron chi connectivity index (χ4n) is 3.86. The molecule has 1 aromatic heterocycles. The van der Waals surface area contributed by atoms with Crippen molar-refractivity contribution in [3.8, 4) is 16.9 Å². The van der Waals surface area contributed by atoms with Gasteiger partial charge in [-0.2, -0.15) is 0 Å². The third kappa shape index (κ3) is 2.58. The van der Waals surface area contributed by atoms with E-state index in [4.69, 9.17) is 0 Å². The summed E-state index contributed by atoms with van der Waals surface area (Å²) < 4.78 is 0. The van der Waals surface area contributed by atoms with Crippen LogP contribution in [-0.2, 0) is 0 Å². The quantitative estimate of drug-likeness (QED) is 0.580. The number of hydrogen-bond acceptors (Lipinski definition) is 5. The van der Waals surface area contributed by atoms with E-state index in [0.29, 0.717) is 11.1 Å². The SMILES string of the molecule is Cc1c(O)c(C)c2ncc3c(c2c1NCCN(C)C)-c1ccccc1C3=O. The number of nitrogens with zero attached hydrogens (tertiary/aromatic N) is 2. The van der Waals surface area contributed by atoms with Crippen LogP contribution in [0.4, 0.5) is 5.69 Å². The van der Waals surface area contributed by atoms with Crippen molar-refractivity contribution in [1.29, 1.82) is 0 Å². The van der Waals surface area contributed by atoms with Gasteiger partial charge < -0.3 is 15.3 Å². The van der Waals surface area contributed by atoms with Crippen LogP contribution in [0, 0.1) is 13.8 Å². The van der Waals surface area contributed by atoms with Crippen molar-refractivity contribution in [2.75, 3.05) is 32.5 Å². The maximum atomic E-state index is 12.9. The highest BCUT2D eigenvalue weighted by Gasteiger charge is 2.31. The van der Waals surface area contributed by atoms with E-state index in [0.717, 1.165) is 51.9 Å². The minimum atomic E-state index is 0.0117. The van der Waals surface area contributed by atoms with Gasteiger partial charge in [-0.25, -0.2) is 0 Å². The van der Waals surface area contributed by atoms with Crippen LogP contribution < -0.4 is 5.32 Å². The van der Waals surface area contributed by atoms with Crippen LogP contribution in [0.25, 0.3) is 22.0 Å². The molecule has 0 atom stereocenters. The number of phenolic OH excluding ortho intramolecular Hbond substituents is 1. The number of carbonyl (C=O) groups is 1. The summed E-state index contributed by atoms with van der Waals surface area (Å²) in [4.78, 5) is 19.5. The Morgan fingerprint density at radius 1 is 1.07 bits per heavy atom. The summed E-state index contributed by atoms with van der Waals surface area (Å²) in [6.45, 7) is 5.36. The lowest BCUT2D eigenvalue weighted by Gasteiger charge is -2.20. The summed E-state index contributed by atoms with van der Waals surface area (Å²) in [5, 5.41) is 15.0. The second-order valence-corrected chi connectivity index (χ2v) is 7.35. The van der Waals surface area contributed by atoms with Crippen LogP contribution >= 0.6 is 0 Å². The molecule has 0 unspecified atom stereocenters. The smallest absolute Gasteiger partial charge is 0.195 e. The first-order valence-electron chi connectivity index (χ1n) is 9.09. The van der Waals surface area contributed by atoms with E-state index < -0.39 is 0 Å². The lowest BCUT2D eigenvalue weighted by molar-refractivity contribution is 0.104. The number of fused-ring (bicyclic) bond motifs is 5. The second-order valence-electron chi connectivity index (χ2n) is 7.35. The minimum Gasteiger partial charge on any atom is -0.507 e. The number of rotatable bonds is 4. The zero-order chi connectivity index (χ0) is 19.3. The third-order valence-corrected chi connectivity index (χ3v) is 5.32. The third-order valence-electron chi connectivity index (χ3n) is 5.32. The van der Waals surface area contributed by atoms with E-state index in [1.807, 2.05) is 52.2 Å². The van der Waals surface area contributed by atoms with E-state index in [2.05, 4.69) is 15.2 Å². The Labute approximate surface area is 158 Å². The summed E-state index contributed by atoms with van der Waals surface area (Å²) in [6, 6.07) is 7.69. The molecule has 1 heterocycles. The molecule has 0 fully saturated rings. The Balaban J connectivity index is 2.04. The van der Waals surface area contributed by atoms with Crippen molar-refractivity contribution < 1.29 is 9.90 Å². The number of aromatic hydroxyl groups is 1. The molecule has 4 rings (SSSR count). The van der Waals surface area contributed by atoms with Crippen molar-refractivity contribution in [3.05, 3.63) is 52.7 Å². The molecule has 1 aliphatic rings. The lowest BCUT2D eigenvalue weighted by atomic mass is 9.94. The fraction of sp³-hybridized carbons (Fsp3) is 0.273. The first kappa shape index (κ1) is 17.5. The highest BCUT2D eigenvalue weighted by Crippen LogP contribution is 2.46. The first-order valence-corrected chi connectivity index (χ1v) is 9.09. The van der Waals surface area contributed by atoms with Crippen LogP contribution in [0.3, 0.4) is 0 Å². The maximum absolute atomic E-state index is 12.9. The van der Waals surface area contributed by atoms with Gasteiger partial charge in [-0.1, -0.05) is 24.3 Å². The molecular weight excluding hydrogens is 338 g/mol. The number of pyridine rings is 1. The molecule has 0 radical (unpaired) electrons. The average Bonchev–Trinajstić information content (AvgIpc) is 2.95. The molecule has 0 amide bonds. The summed E-state index contributed by atoms with van der Waals surface area (Å²) in [5.41, 5.74) is 6.29. The zero-order valence-electron chi connectivity index (χ0n) is 16.1. The molecule has 0 spiro atoms. The number of aromatic nitrogens is 1. The van der Waals surface area contributed by atoms with E-state index in [-0.39, 0.29) is 11.5 Å². The van der Waals surface area contributed by atoms with Crippen molar-refractivity contribution in [1.82, 2.24) is 9.88 Å². The molecule has 27 heavy (non-hydrogen) atoms. The van der Waals surface area contributed by atoms with Gasteiger partial charge in [0.1, 0.15) is 5.75 Å². The van der Waals surface area contributed by atoms with E-state index in [9.17, 15) is 9.90 Å². The lowest BCUT2D eigenvalue weighted by Crippen LogP contribution is -2.21. The Morgan fingerprint density at radius 3 is 2.48 bits per heavy atom. The molecule has 138 valence electrons. The topological polar surface area (TPSA) is 65.5 Å². The highest BCUT2D eigenvalue weighted by atomic mass is 16.3. The molecule has 5 heteroatoms. The summed E-state index contributed by atoms with van der Waals surface area (Å²) in [7, 11) is 4.04. The number of carbonyl (C=O) groups excluding carboxylic acids is 1. The molecule has 0 saturated carbocycles. The summed E-state index contributed by atoms with van der Waals surface area (Å²) in [5.74, 6) is 0.262. The van der Waals surface area contributed by atoms with E-state index in [1.54, 1.807) is 6.20 Å². The van der Waals surface area contributed by atoms with Gasteiger partial charge in [0.15, 0.2) is 5.78 Å². The van der Waals surface area contributed by atoms with Gasteiger partial charge in [0.25, 0.3) is 0 Å². The predicted molar refractivity (Wildman–Crippen MR) is 109 cm³/mol. The number of likely N-dealkylation sites (N-methyl/N-ethyl adjacent to an activating group) is 1. The van der Waals surface area contributed by atoms with Gasteiger partial charge in [-0.3, -0.25) is 9.78 Å². The number of ketones is 1. The van der Waals surface area contributed by atoms with Gasteiger partial charge in [0.05, 0.1) is 11.2 Å². The van der Waals surface area contributed by atoms with Crippen LogP contribution in [0.2, 0.25) is 0 Å². The summed E-state index contributed by atoms with van der Waals surface area (Å²) >= 11 is 0. The Morgan fingerprint density at radius 2 is 1.78 bits per heavy atom. The molecule has 3 aromatic rings. The second kappa shape index (κ2) is 6.35. The van der Waals surface area contributed by atoms with Crippen molar-refractivity contribution in [3.63, 3.8) is 0 Å². The molecule has 5 nitrogen and oxygen atoms in total. The number of anilines is 1. The van der Waals surface area contributed by atoms with Crippen molar-refractivity contribution in [2.24, 2.45) is 0 Å². The predicted octanol–water partition coefficient (Wildman–Crippen LogP) is 3.74. The van der Waals surface area contributed by atoms with Gasteiger partial charge in [0.2, 0.25) is 0 Å². The Hall–Kier alpha value is -2.92. The largest absolute Gasteiger partial charge is 0.507 e. The number of nitrogens with one attached hydrogen (secondary N) is 1. The first-order chi connectivity index (χ1) is 12.9. The summed E-state index contributed by atoms with van der Waals surface area (Å²) in [6.07, 6.45) is 1.64. The molecular formula is C22H23N3O2. The number of aryl methyl sites for hydroxylation is 1. The normalized spacial score (nSPS) is 12.6. The van der Waals surface area contributed by atoms with Gasteiger partial charge in [-0.15, -0.1) is 0 Å². The number of hydrogen-bond donors (Lipinski definition) is 2. The minimum absolute atomic E-state index is 0.0117. The molecule has 2 N–H and O–H groups in total. The molecule has 0 aliphatic heterocycles. The fourth-order valence-corrected chi connectivity index (χ4v) is 3.86. The van der Waals surface area contributed by atoms with E-state index >= 15 is 0 Å². The number of benzene rings is 2. The zero-order valence-corrected chi connectivity index (χ0v) is 16.1. The molecule has 0 saturated heterocycles. The van der Waals surface area contributed by atoms with Crippen LogP contribution in [0.5, 0.6) is 5.75 Å². The monoisotopic (exact) mass is 361 g/mol. The van der Waals surface area contributed by atoms with Crippen LogP contribution in [0.15, 0.2) is 30.5 Å². The van der Waals surface area contributed by atoms with Gasteiger partial charge >= 0.3 is 0 Å². The van der Waals surface area contributed by atoms with E-state index in [1.165, 1.54) is 0 Å². The van der Waals surface area contributed by atoms with Crippen molar-refractivity contribution >= 4 is 22.4 Å². The molecule has 1 aliphatic carbocycles. The molecule has 2 aromatic carbocycles. The van der Waals surface area contributed by atoms with Gasteiger partial charge in [0, 0.05) is 52.5 Å².